The molecule has 0 aliphatic carbocycles. The van der Waals surface area contributed by atoms with Gasteiger partial charge in [0.25, 0.3) is 0 Å². The summed E-state index contributed by atoms with van der Waals surface area (Å²) in [7, 11) is -3.18. The van der Waals surface area contributed by atoms with E-state index in [1.165, 1.54) is 6.42 Å². The van der Waals surface area contributed by atoms with Crippen molar-refractivity contribution in [3.05, 3.63) is 29.8 Å². The summed E-state index contributed by atoms with van der Waals surface area (Å²) >= 11 is 0. The number of hydrogen-bond donors (Lipinski definition) is 1. The highest BCUT2D eigenvalue weighted by molar-refractivity contribution is 7.91. The summed E-state index contributed by atoms with van der Waals surface area (Å²) in [5.41, 5.74) is 1.28. The van der Waals surface area contributed by atoms with E-state index in [1.54, 1.807) is 31.2 Å². The fourth-order valence-corrected chi connectivity index (χ4v) is 4.60. The first-order chi connectivity index (χ1) is 11.4. The molecule has 2 fully saturated rings. The summed E-state index contributed by atoms with van der Waals surface area (Å²) in [4.78, 5) is 14.8. The van der Waals surface area contributed by atoms with Crippen molar-refractivity contribution in [2.24, 2.45) is 5.41 Å². The number of sulfone groups is 1. The van der Waals surface area contributed by atoms with Crippen molar-refractivity contribution in [1.82, 2.24) is 10.2 Å². The molecule has 1 aromatic rings. The van der Waals surface area contributed by atoms with Gasteiger partial charge in [-0.25, -0.2) is 8.42 Å². The van der Waals surface area contributed by atoms with Crippen molar-refractivity contribution in [3.63, 3.8) is 0 Å². The van der Waals surface area contributed by atoms with Crippen LogP contribution in [0.2, 0.25) is 0 Å². The summed E-state index contributed by atoms with van der Waals surface area (Å²) < 4.78 is 23.6. The lowest BCUT2D eigenvalue weighted by Crippen LogP contribution is -2.44. The second-order valence-electron chi connectivity index (χ2n) is 7.03. The molecule has 2 saturated heterocycles. The molecule has 132 valence electrons. The molecule has 1 amide bonds. The number of likely N-dealkylation sites (tertiary alicyclic amines) is 1. The average molecular weight is 350 g/mol. The lowest BCUT2D eigenvalue weighted by molar-refractivity contribution is -0.132. The van der Waals surface area contributed by atoms with Crippen molar-refractivity contribution < 1.29 is 13.2 Å². The third-order valence-corrected chi connectivity index (χ3v) is 7.28. The molecule has 1 N–H and O–H groups in total. The second-order valence-corrected chi connectivity index (χ2v) is 9.31. The van der Waals surface area contributed by atoms with E-state index in [-0.39, 0.29) is 11.7 Å². The van der Waals surface area contributed by atoms with Crippen molar-refractivity contribution in [3.8, 4) is 0 Å². The summed E-state index contributed by atoms with van der Waals surface area (Å²) in [5, 5.41) is 3.44. The van der Waals surface area contributed by atoms with Crippen LogP contribution in [-0.4, -0.2) is 51.2 Å². The minimum atomic E-state index is -3.18. The van der Waals surface area contributed by atoms with Crippen LogP contribution in [0.25, 0.3) is 0 Å². The van der Waals surface area contributed by atoms with E-state index in [0.29, 0.717) is 16.7 Å². The minimum absolute atomic E-state index is 0.0929. The van der Waals surface area contributed by atoms with Crippen molar-refractivity contribution >= 4 is 15.7 Å². The number of carbonyl (C=O) groups is 1. The van der Waals surface area contributed by atoms with E-state index < -0.39 is 9.84 Å². The van der Waals surface area contributed by atoms with Crippen LogP contribution in [0.3, 0.4) is 0 Å². The van der Waals surface area contributed by atoms with Crippen LogP contribution in [0, 0.1) is 5.41 Å². The Morgan fingerprint density at radius 3 is 2.38 bits per heavy atom. The zero-order valence-corrected chi connectivity index (χ0v) is 15.1. The predicted octanol–water partition coefficient (Wildman–Crippen LogP) is 1.62. The van der Waals surface area contributed by atoms with Gasteiger partial charge in [-0.2, -0.15) is 0 Å². The summed E-state index contributed by atoms with van der Waals surface area (Å²) in [6, 6.07) is 6.73. The first kappa shape index (κ1) is 17.4. The van der Waals surface area contributed by atoms with Gasteiger partial charge in [0.2, 0.25) is 5.91 Å². The molecule has 0 atom stereocenters. The molecule has 0 radical (unpaired) electrons. The van der Waals surface area contributed by atoms with Crippen molar-refractivity contribution in [1.29, 1.82) is 0 Å². The van der Waals surface area contributed by atoms with Crippen LogP contribution in [0.4, 0.5) is 0 Å². The highest BCUT2D eigenvalue weighted by atomic mass is 32.2. The predicted molar refractivity (Wildman–Crippen MR) is 93.6 cm³/mol. The minimum Gasteiger partial charge on any atom is -0.342 e. The summed E-state index contributed by atoms with van der Waals surface area (Å²) in [6.45, 7) is 5.49. The molecule has 6 heteroatoms. The molecule has 3 rings (SSSR count). The molecule has 1 aromatic carbocycles. The van der Waals surface area contributed by atoms with Gasteiger partial charge in [-0.3, -0.25) is 4.79 Å². The lowest BCUT2D eigenvalue weighted by Gasteiger charge is -2.39. The lowest BCUT2D eigenvalue weighted by atomic mass is 9.78. The fraction of sp³-hybridized carbons (Fsp3) is 0.611. The molecule has 5 nitrogen and oxygen atoms in total. The molecule has 1 spiro atoms. The van der Waals surface area contributed by atoms with Gasteiger partial charge >= 0.3 is 0 Å². The van der Waals surface area contributed by atoms with Crippen molar-refractivity contribution in [2.75, 3.05) is 31.9 Å². The van der Waals surface area contributed by atoms with Gasteiger partial charge in [-0.1, -0.05) is 19.1 Å². The molecule has 0 saturated carbocycles. The largest absolute Gasteiger partial charge is 0.342 e. The van der Waals surface area contributed by atoms with E-state index in [1.807, 2.05) is 4.90 Å². The Kier molecular flexibility index (Phi) is 4.97. The third-order valence-electron chi connectivity index (χ3n) is 5.53. The van der Waals surface area contributed by atoms with E-state index in [4.69, 9.17) is 0 Å². The topological polar surface area (TPSA) is 66.5 Å². The van der Waals surface area contributed by atoms with Gasteiger partial charge in [-0.05, 0) is 48.9 Å². The third kappa shape index (κ3) is 3.64. The zero-order chi connectivity index (χ0) is 17.2. The summed E-state index contributed by atoms with van der Waals surface area (Å²) in [5.74, 6) is 0.234. The normalized spacial score (nSPS) is 20.5. The monoisotopic (exact) mass is 350 g/mol. The Balaban J connectivity index is 1.57. The van der Waals surface area contributed by atoms with Gasteiger partial charge in [0.05, 0.1) is 17.1 Å². The van der Waals surface area contributed by atoms with E-state index in [9.17, 15) is 13.2 Å². The molecular formula is C18H26N2O3S. The SMILES string of the molecule is CCS(=O)(=O)c1ccc(CC(=O)N2CCC3(CCNC3)CC2)cc1. The molecule has 0 aromatic heterocycles. The maximum atomic E-state index is 12.5. The van der Waals surface area contributed by atoms with Gasteiger partial charge in [0.15, 0.2) is 9.84 Å². The van der Waals surface area contributed by atoms with Crippen LogP contribution >= 0.6 is 0 Å². The molecule has 2 heterocycles. The van der Waals surface area contributed by atoms with E-state index in [2.05, 4.69) is 5.32 Å². The van der Waals surface area contributed by atoms with Crippen LogP contribution in [0.1, 0.15) is 31.7 Å². The van der Waals surface area contributed by atoms with Crippen molar-refractivity contribution in [2.45, 2.75) is 37.5 Å². The number of piperidine rings is 1. The molecule has 24 heavy (non-hydrogen) atoms. The molecule has 2 aliphatic rings. The van der Waals surface area contributed by atoms with Crippen LogP contribution < -0.4 is 5.32 Å². The number of nitrogens with zero attached hydrogens (tertiary/aromatic N) is 1. The van der Waals surface area contributed by atoms with Crippen LogP contribution in [-0.2, 0) is 21.1 Å². The number of amides is 1. The highest BCUT2D eigenvalue weighted by Gasteiger charge is 2.37. The number of benzene rings is 1. The zero-order valence-electron chi connectivity index (χ0n) is 14.3. The molecular weight excluding hydrogens is 324 g/mol. The first-order valence-corrected chi connectivity index (χ1v) is 10.4. The van der Waals surface area contributed by atoms with Gasteiger partial charge in [0.1, 0.15) is 0 Å². The van der Waals surface area contributed by atoms with Crippen LogP contribution in [0.5, 0.6) is 0 Å². The maximum absolute atomic E-state index is 12.5. The standard InChI is InChI=1S/C18H26N2O3S/c1-2-24(22,23)16-5-3-15(4-6-16)13-17(21)20-11-8-18(9-12-20)7-10-19-14-18/h3-6,19H,2,7-14H2,1H3. The summed E-state index contributed by atoms with van der Waals surface area (Å²) in [6.07, 6.45) is 3.74. The number of hydrogen-bond acceptors (Lipinski definition) is 4. The second kappa shape index (κ2) is 6.84. The maximum Gasteiger partial charge on any atom is 0.226 e. The van der Waals surface area contributed by atoms with Gasteiger partial charge < -0.3 is 10.2 Å². The molecule has 0 unspecified atom stereocenters. The number of rotatable bonds is 4. The van der Waals surface area contributed by atoms with Crippen LogP contribution in [0.15, 0.2) is 29.2 Å². The highest BCUT2D eigenvalue weighted by Crippen LogP contribution is 2.36. The van der Waals surface area contributed by atoms with Gasteiger partial charge in [0, 0.05) is 19.6 Å². The smallest absolute Gasteiger partial charge is 0.226 e. The average Bonchev–Trinajstić information content (AvgIpc) is 3.04. The Labute approximate surface area is 144 Å². The van der Waals surface area contributed by atoms with E-state index in [0.717, 1.165) is 44.6 Å². The number of carbonyl (C=O) groups excluding carboxylic acids is 1. The Morgan fingerprint density at radius 2 is 1.83 bits per heavy atom. The van der Waals surface area contributed by atoms with E-state index >= 15 is 0 Å². The fourth-order valence-electron chi connectivity index (χ4n) is 3.72. The quantitative estimate of drug-likeness (QED) is 0.896. The Hall–Kier alpha value is -1.40. The Bertz CT molecular complexity index is 681. The Morgan fingerprint density at radius 1 is 1.17 bits per heavy atom. The van der Waals surface area contributed by atoms with Gasteiger partial charge in [-0.15, -0.1) is 0 Å². The number of nitrogens with one attached hydrogen (secondary N) is 1. The molecule has 0 bridgehead atoms. The molecule has 2 aliphatic heterocycles. The first-order valence-electron chi connectivity index (χ1n) is 8.74.